The molecule has 1 N–H and O–H groups in total. The van der Waals surface area contributed by atoms with Crippen molar-refractivity contribution in [3.05, 3.63) is 64.7 Å². The number of methoxy groups -OCH3 is 1. The van der Waals surface area contributed by atoms with Gasteiger partial charge in [-0.2, -0.15) is 0 Å². The van der Waals surface area contributed by atoms with E-state index in [-0.39, 0.29) is 17.6 Å². The number of carbonyl (C=O) groups excluding carboxylic acids is 2. The first-order valence-corrected chi connectivity index (χ1v) is 10.4. The maximum atomic E-state index is 12.9. The third kappa shape index (κ3) is 6.46. The Bertz CT molecular complexity index is 816. The molecule has 2 aromatic rings. The lowest BCUT2D eigenvalue weighted by Crippen LogP contribution is -2.47. The number of ether oxygens (including phenoxy) is 1. The Labute approximate surface area is 175 Å². The Balaban J connectivity index is 2.06. The zero-order valence-electron chi connectivity index (χ0n) is 16.3. The van der Waals surface area contributed by atoms with E-state index in [9.17, 15) is 9.59 Å². The van der Waals surface area contributed by atoms with Crippen molar-refractivity contribution in [2.45, 2.75) is 25.3 Å². The van der Waals surface area contributed by atoms with Crippen LogP contribution in [0.2, 0.25) is 5.02 Å². The van der Waals surface area contributed by atoms with Crippen molar-refractivity contribution in [1.82, 2.24) is 10.2 Å². The number of hydrogen-bond acceptors (Lipinski definition) is 4. The molecule has 0 bridgehead atoms. The van der Waals surface area contributed by atoms with Crippen molar-refractivity contribution < 1.29 is 14.3 Å². The summed E-state index contributed by atoms with van der Waals surface area (Å²) in [5, 5.41) is 3.30. The van der Waals surface area contributed by atoms with Gasteiger partial charge in [0, 0.05) is 24.4 Å². The fourth-order valence-corrected chi connectivity index (χ4v) is 3.80. The summed E-state index contributed by atoms with van der Waals surface area (Å²) in [7, 11) is 3.17. The van der Waals surface area contributed by atoms with Gasteiger partial charge in [-0.05, 0) is 42.3 Å². The molecule has 0 spiro atoms. The van der Waals surface area contributed by atoms with Gasteiger partial charge in [-0.15, -0.1) is 11.8 Å². The van der Waals surface area contributed by atoms with E-state index in [4.69, 9.17) is 16.3 Å². The molecule has 0 fully saturated rings. The van der Waals surface area contributed by atoms with Crippen LogP contribution in [-0.2, 0) is 21.9 Å². The van der Waals surface area contributed by atoms with Gasteiger partial charge in [-0.3, -0.25) is 9.59 Å². The molecule has 28 heavy (non-hydrogen) atoms. The lowest BCUT2D eigenvalue weighted by molar-refractivity contribution is -0.138. The fraction of sp³-hybridized carbons (Fsp3) is 0.333. The van der Waals surface area contributed by atoms with E-state index in [1.165, 1.54) is 11.8 Å². The molecule has 2 rings (SSSR count). The highest BCUT2D eigenvalue weighted by Crippen LogP contribution is 2.19. The molecule has 0 radical (unpaired) electrons. The number of carbonyl (C=O) groups is 2. The molecule has 1 atom stereocenters. The molecule has 0 heterocycles. The number of halogens is 1. The van der Waals surface area contributed by atoms with Crippen molar-refractivity contribution in [2.75, 3.05) is 19.9 Å². The third-order valence-corrected chi connectivity index (χ3v) is 5.51. The molecule has 5 nitrogen and oxygen atoms in total. The number of likely N-dealkylation sites (N-methyl/N-ethyl adjacent to an activating group) is 1. The fourth-order valence-electron chi connectivity index (χ4n) is 2.72. The van der Waals surface area contributed by atoms with Gasteiger partial charge in [-0.25, -0.2) is 0 Å². The van der Waals surface area contributed by atoms with E-state index < -0.39 is 6.04 Å². The molecule has 2 aromatic carbocycles. The van der Waals surface area contributed by atoms with Gasteiger partial charge in [0.1, 0.15) is 11.8 Å². The van der Waals surface area contributed by atoms with Crippen LogP contribution in [0.15, 0.2) is 48.5 Å². The minimum atomic E-state index is -0.574. The van der Waals surface area contributed by atoms with Crippen LogP contribution < -0.4 is 10.1 Å². The summed E-state index contributed by atoms with van der Waals surface area (Å²) in [6.45, 7) is 2.07. The van der Waals surface area contributed by atoms with Crippen LogP contribution in [0, 0.1) is 0 Å². The number of benzene rings is 2. The Morgan fingerprint density at radius 3 is 2.57 bits per heavy atom. The summed E-state index contributed by atoms with van der Waals surface area (Å²) in [5.41, 5.74) is 1.97. The summed E-state index contributed by atoms with van der Waals surface area (Å²) in [6.07, 6.45) is 0. The van der Waals surface area contributed by atoms with Gasteiger partial charge < -0.3 is 15.0 Å². The normalized spacial score (nSPS) is 11.6. The Morgan fingerprint density at radius 1 is 1.18 bits per heavy atom. The Morgan fingerprint density at radius 2 is 1.89 bits per heavy atom. The molecule has 0 aromatic heterocycles. The number of hydrogen-bond donors (Lipinski definition) is 1. The zero-order valence-corrected chi connectivity index (χ0v) is 17.8. The molecule has 150 valence electrons. The molecule has 0 aliphatic heterocycles. The summed E-state index contributed by atoms with van der Waals surface area (Å²) in [5.74, 6) is 1.38. The van der Waals surface area contributed by atoms with Crippen LogP contribution in [0.5, 0.6) is 5.75 Å². The summed E-state index contributed by atoms with van der Waals surface area (Å²) in [6, 6.07) is 14.5. The largest absolute Gasteiger partial charge is 0.497 e. The number of thioether (sulfide) groups is 1. The van der Waals surface area contributed by atoms with Crippen molar-refractivity contribution in [2.24, 2.45) is 0 Å². The van der Waals surface area contributed by atoms with Crippen LogP contribution in [0.3, 0.4) is 0 Å². The molecule has 0 aliphatic rings. The monoisotopic (exact) mass is 420 g/mol. The van der Waals surface area contributed by atoms with Gasteiger partial charge in [0.05, 0.1) is 12.9 Å². The minimum absolute atomic E-state index is 0.0917. The average molecular weight is 421 g/mol. The molecule has 2 amide bonds. The van der Waals surface area contributed by atoms with E-state index in [0.717, 1.165) is 11.1 Å². The standard InChI is InChI=1S/C21H25ClN2O3S/c1-15(21(26)23-2)24(12-16-6-5-9-19(11-16)27-3)20(25)14-28-13-17-7-4-8-18(22)10-17/h4-11,15H,12-14H2,1-3H3,(H,23,26)/t15-/m1/s1. The zero-order chi connectivity index (χ0) is 20.5. The third-order valence-electron chi connectivity index (χ3n) is 4.28. The smallest absolute Gasteiger partial charge is 0.242 e. The topological polar surface area (TPSA) is 58.6 Å². The molecule has 0 saturated carbocycles. The van der Waals surface area contributed by atoms with Crippen molar-refractivity contribution >= 4 is 35.2 Å². The number of nitrogens with zero attached hydrogens (tertiary/aromatic N) is 1. The summed E-state index contributed by atoms with van der Waals surface area (Å²) < 4.78 is 5.25. The van der Waals surface area contributed by atoms with E-state index in [1.807, 2.05) is 48.5 Å². The predicted molar refractivity (Wildman–Crippen MR) is 115 cm³/mol. The molecule has 0 unspecified atom stereocenters. The number of rotatable bonds is 9. The molecule has 0 aliphatic carbocycles. The van der Waals surface area contributed by atoms with Crippen LogP contribution in [0.25, 0.3) is 0 Å². The molecule has 0 saturated heterocycles. The van der Waals surface area contributed by atoms with E-state index >= 15 is 0 Å². The predicted octanol–water partition coefficient (Wildman–Crippen LogP) is 3.75. The SMILES string of the molecule is CNC(=O)[C@@H](C)N(Cc1cccc(OC)c1)C(=O)CSCc1cccc(Cl)c1. The first-order chi connectivity index (χ1) is 13.4. The van der Waals surface area contributed by atoms with Crippen molar-refractivity contribution in [3.8, 4) is 5.75 Å². The highest BCUT2D eigenvalue weighted by Gasteiger charge is 2.25. The maximum absolute atomic E-state index is 12.9. The van der Waals surface area contributed by atoms with Crippen LogP contribution in [0.1, 0.15) is 18.1 Å². The first-order valence-electron chi connectivity index (χ1n) is 8.90. The van der Waals surface area contributed by atoms with Crippen LogP contribution in [-0.4, -0.2) is 42.7 Å². The van der Waals surface area contributed by atoms with Crippen molar-refractivity contribution in [3.63, 3.8) is 0 Å². The van der Waals surface area contributed by atoms with Crippen molar-refractivity contribution in [1.29, 1.82) is 0 Å². The van der Waals surface area contributed by atoms with E-state index in [1.54, 1.807) is 26.0 Å². The molecule has 7 heteroatoms. The number of nitrogens with one attached hydrogen (secondary N) is 1. The summed E-state index contributed by atoms with van der Waals surface area (Å²) in [4.78, 5) is 26.6. The van der Waals surface area contributed by atoms with Gasteiger partial charge >= 0.3 is 0 Å². The quantitative estimate of drug-likeness (QED) is 0.671. The first kappa shape index (κ1) is 22.1. The van der Waals surface area contributed by atoms with Gasteiger partial charge in [0.15, 0.2) is 0 Å². The number of amides is 2. The highest BCUT2D eigenvalue weighted by atomic mass is 35.5. The van der Waals surface area contributed by atoms with E-state index in [2.05, 4.69) is 5.32 Å². The minimum Gasteiger partial charge on any atom is -0.497 e. The Hall–Kier alpha value is -2.18. The lowest BCUT2D eigenvalue weighted by Gasteiger charge is -2.28. The van der Waals surface area contributed by atoms with Crippen LogP contribution in [0.4, 0.5) is 0 Å². The van der Waals surface area contributed by atoms with Crippen LogP contribution >= 0.6 is 23.4 Å². The second kappa shape index (κ2) is 11.0. The van der Waals surface area contributed by atoms with E-state index in [0.29, 0.717) is 23.1 Å². The second-order valence-electron chi connectivity index (χ2n) is 6.29. The lowest BCUT2D eigenvalue weighted by atomic mass is 10.1. The van der Waals surface area contributed by atoms with Gasteiger partial charge in [0.2, 0.25) is 11.8 Å². The maximum Gasteiger partial charge on any atom is 0.242 e. The van der Waals surface area contributed by atoms with Gasteiger partial charge in [0.25, 0.3) is 0 Å². The average Bonchev–Trinajstić information content (AvgIpc) is 2.71. The second-order valence-corrected chi connectivity index (χ2v) is 7.71. The highest BCUT2D eigenvalue weighted by molar-refractivity contribution is 7.99. The van der Waals surface area contributed by atoms with Gasteiger partial charge in [-0.1, -0.05) is 35.9 Å². The Kier molecular flexibility index (Phi) is 8.67. The molecular weight excluding hydrogens is 396 g/mol. The summed E-state index contributed by atoms with van der Waals surface area (Å²) >= 11 is 7.51. The molecular formula is C21H25ClN2O3S.